The van der Waals surface area contributed by atoms with Crippen molar-refractivity contribution < 1.29 is 35.7 Å². The number of hydrogen-bond donors (Lipinski definition) is 4. The van der Waals surface area contributed by atoms with Gasteiger partial charge in [0.2, 0.25) is 0 Å². The van der Waals surface area contributed by atoms with Crippen LogP contribution in [0, 0.1) is 22.7 Å². The number of pyridine rings is 6. The second-order valence-electron chi connectivity index (χ2n) is 36.8. The number of carbonyl (C=O) groups excluding carboxylic acids is 2. The van der Waals surface area contributed by atoms with Gasteiger partial charge >= 0.3 is 7.12 Å². The van der Waals surface area contributed by atoms with E-state index in [1.807, 2.05) is 58.2 Å². The number of halogens is 1. The molecule has 2 amide bonds. The molecule has 24 nitrogen and oxygen atoms in total. The molecule has 0 radical (unpaired) electrons. The van der Waals surface area contributed by atoms with Crippen LogP contribution in [-0.2, 0) is 53.3 Å². The quantitative estimate of drug-likeness (QED) is 0.103. The van der Waals surface area contributed by atoms with Crippen molar-refractivity contribution in [2.45, 2.75) is 258 Å². The van der Waals surface area contributed by atoms with E-state index < -0.39 is 31.9 Å². The number of nitrogens with zero attached hydrogens (tertiary/aromatic N) is 12. The number of nitrogens with one attached hydrogen (secondary N) is 4. The number of sulfonamides is 2. The summed E-state index contributed by atoms with van der Waals surface area (Å²) in [6.45, 7) is 45.8. The second kappa shape index (κ2) is 31.4. The van der Waals surface area contributed by atoms with Crippen LogP contribution in [0.1, 0.15) is 245 Å². The lowest BCUT2D eigenvalue weighted by molar-refractivity contribution is 0.00578. The highest BCUT2D eigenvalue weighted by Gasteiger charge is 2.53. The van der Waals surface area contributed by atoms with Gasteiger partial charge in [0.05, 0.1) is 57.1 Å². The van der Waals surface area contributed by atoms with Crippen LogP contribution in [0.3, 0.4) is 0 Å². The first kappa shape index (κ1) is 82.8. The number of fused-ring (bicyclic) bond motifs is 12. The normalized spacial score (nSPS) is 21.4. The maximum atomic E-state index is 13.8. The summed E-state index contributed by atoms with van der Waals surface area (Å²) < 4.78 is 75.4. The second-order valence-corrected chi connectivity index (χ2v) is 41.0. The Balaban J connectivity index is 0.000000178. The van der Waals surface area contributed by atoms with Crippen LogP contribution >= 0.6 is 15.9 Å². The zero-order valence-electron chi connectivity index (χ0n) is 67.7. The Kier molecular flexibility index (Phi) is 23.6. The molecule has 8 aromatic heterocycles. The Morgan fingerprint density at radius 3 is 1.41 bits per heavy atom. The standard InChI is InChI=1S/C38H50N8O3S.C29H35BrN6O3S.C15H27BN2O2/c1-36(2,3)18-21-45-20-17-28(43-45)26-16-19-39-30(22-26)29-14-12-25-23-38(7,8)46(24-25)34-27(13-15-31(41-34)37(4,5)6)35(47)44-50(48,49)33-11-9-10-32(40-29)42-33;1-28(2,3)23-12-10-20-26(33-23)36-17-18(16-29(36,4)5)9-11-21(22-15-19(30)13-14-31-22)32-24-7-6-8-25(34-24)40(38,39)35-27(20)37;1-13(2,3)9-11-18-10-8-12(17-18)16-19-14(4,5)15(6,7)20-16/h9-11,13,15-17,19-20,22,25,29H,12,14,18,21,23-24H2,1-8H3,(H,40,42)(H,44,47);6-8,10,12-15,18,21H,9,11,16-17H2,1-5H3,(H,32,34)(H,35,37);8,10H,9,11H2,1-7H3/t25-,29?;18-,21?;/m00./s1. The van der Waals surface area contributed by atoms with Gasteiger partial charge in [0.15, 0.2) is 10.1 Å². The van der Waals surface area contributed by atoms with Crippen molar-refractivity contribution in [3.8, 4) is 11.3 Å². The zero-order valence-corrected chi connectivity index (χ0v) is 71.0. The van der Waals surface area contributed by atoms with Crippen LogP contribution in [0.2, 0.25) is 0 Å². The Hall–Kier alpha value is -8.18. The maximum absolute atomic E-state index is 13.8. The fourth-order valence-corrected chi connectivity index (χ4v) is 16.7. The van der Waals surface area contributed by atoms with Gasteiger partial charge in [-0.15, -0.1) is 0 Å². The van der Waals surface area contributed by atoms with Crippen LogP contribution in [0.4, 0.5) is 23.3 Å². The number of rotatable bonds is 8. The third-order valence-corrected chi connectivity index (χ3v) is 24.5. The molecule has 13 rings (SSSR count). The van der Waals surface area contributed by atoms with E-state index in [-0.39, 0.29) is 78.9 Å². The van der Waals surface area contributed by atoms with E-state index in [1.54, 1.807) is 54.9 Å². The summed E-state index contributed by atoms with van der Waals surface area (Å²) in [7, 11) is -8.94. The minimum Gasteiger partial charge on any atom is -0.398 e. The molecule has 5 aliphatic heterocycles. The van der Waals surface area contributed by atoms with E-state index in [1.165, 1.54) is 12.1 Å². The van der Waals surface area contributed by atoms with Gasteiger partial charge in [-0.05, 0) is 214 Å². The van der Waals surface area contributed by atoms with Gasteiger partial charge in [-0.25, -0.2) is 29.4 Å². The monoisotopic (exact) mass is 1600 g/mol. The maximum Gasteiger partial charge on any atom is 0.516 e. The topological polar surface area (TPSA) is 288 Å². The molecule has 2 unspecified atom stereocenters. The largest absolute Gasteiger partial charge is 0.516 e. The van der Waals surface area contributed by atoms with Gasteiger partial charge < -0.3 is 29.7 Å². The Labute approximate surface area is 660 Å². The number of aromatic nitrogens is 10. The van der Waals surface area contributed by atoms with Crippen LogP contribution in [0.5, 0.6) is 0 Å². The Morgan fingerprint density at radius 1 is 0.527 bits per heavy atom. The third kappa shape index (κ3) is 20.0. The summed E-state index contributed by atoms with van der Waals surface area (Å²) in [6, 6.07) is 27.9. The van der Waals surface area contributed by atoms with E-state index in [0.29, 0.717) is 53.6 Å². The molecule has 8 aromatic rings. The summed E-state index contributed by atoms with van der Waals surface area (Å²) in [5.74, 6) is 0.935. The molecule has 3 saturated heterocycles. The number of amides is 2. The van der Waals surface area contributed by atoms with Crippen molar-refractivity contribution in [3.05, 3.63) is 160 Å². The summed E-state index contributed by atoms with van der Waals surface area (Å²) in [5.41, 5.74) is 5.21. The lowest BCUT2D eigenvalue weighted by Crippen LogP contribution is -2.41. The van der Waals surface area contributed by atoms with Crippen molar-refractivity contribution in [2.24, 2.45) is 22.7 Å². The number of aryl methyl sites for hydroxylation is 2. The molecule has 13 heterocycles. The number of hydrogen-bond acceptors (Lipinski definition) is 20. The summed E-state index contributed by atoms with van der Waals surface area (Å²) in [4.78, 5) is 59.9. The summed E-state index contributed by atoms with van der Waals surface area (Å²) in [6.07, 6.45) is 14.7. The van der Waals surface area contributed by atoms with Gasteiger partial charge in [-0.1, -0.05) is 111 Å². The third-order valence-electron chi connectivity index (χ3n) is 21.5. The van der Waals surface area contributed by atoms with Crippen molar-refractivity contribution in [2.75, 3.05) is 33.5 Å². The lowest BCUT2D eigenvalue weighted by Gasteiger charge is -2.34. The molecule has 590 valence electrons. The summed E-state index contributed by atoms with van der Waals surface area (Å²) in [5, 5.41) is 15.8. The molecule has 0 spiro atoms. The van der Waals surface area contributed by atoms with E-state index in [4.69, 9.17) is 29.4 Å². The fourth-order valence-electron chi connectivity index (χ4n) is 14.4. The average molecular weight is 1600 g/mol. The van der Waals surface area contributed by atoms with Crippen LogP contribution in [0.25, 0.3) is 11.3 Å². The lowest BCUT2D eigenvalue weighted by atomic mass is 9.85. The van der Waals surface area contributed by atoms with Crippen molar-refractivity contribution >= 4 is 83.8 Å². The first-order valence-electron chi connectivity index (χ1n) is 38.3. The minimum atomic E-state index is -4.31. The van der Waals surface area contributed by atoms with Crippen molar-refractivity contribution in [1.29, 1.82) is 0 Å². The Morgan fingerprint density at radius 2 is 0.964 bits per heavy atom. The van der Waals surface area contributed by atoms with Gasteiger partial charge in [0.1, 0.15) is 23.3 Å². The number of anilines is 4. The minimum absolute atomic E-state index is 0.197. The van der Waals surface area contributed by atoms with E-state index in [9.17, 15) is 26.4 Å². The predicted octanol–water partition coefficient (Wildman–Crippen LogP) is 15.4. The average Bonchev–Trinajstić information content (AvgIpc) is 1.55. The molecule has 0 aliphatic carbocycles. The molecular weight excluding hydrogens is 1490 g/mol. The van der Waals surface area contributed by atoms with Crippen molar-refractivity contribution in [1.82, 2.24) is 58.9 Å². The molecule has 0 saturated carbocycles. The number of carbonyl (C=O) groups is 2. The molecule has 5 aliphatic rings. The molecule has 4 N–H and O–H groups in total. The van der Waals surface area contributed by atoms with E-state index >= 15 is 0 Å². The molecule has 28 heteroatoms. The molecule has 8 bridgehead atoms. The van der Waals surface area contributed by atoms with E-state index in [0.717, 1.165) is 109 Å². The first-order valence-corrected chi connectivity index (χ1v) is 42.1. The zero-order chi connectivity index (χ0) is 80.1. The molecule has 4 atom stereocenters. The predicted molar refractivity (Wildman–Crippen MR) is 437 cm³/mol. The smallest absolute Gasteiger partial charge is 0.398 e. The van der Waals surface area contributed by atoms with Crippen LogP contribution in [-0.4, -0.2) is 121 Å². The van der Waals surface area contributed by atoms with Gasteiger partial charge in [-0.2, -0.15) is 27.0 Å². The highest BCUT2D eigenvalue weighted by atomic mass is 79.9. The fraction of sp³-hybridized carbons (Fsp3) is 0.537. The first-order chi connectivity index (χ1) is 51.1. The molecule has 0 aromatic carbocycles. The van der Waals surface area contributed by atoms with Crippen LogP contribution in [0.15, 0.2) is 136 Å². The molecule has 3 fully saturated rings. The van der Waals surface area contributed by atoms with Crippen LogP contribution < -0.4 is 35.5 Å². The van der Waals surface area contributed by atoms with E-state index in [2.05, 4.69) is 210 Å². The molecule has 110 heavy (non-hydrogen) atoms. The SMILES string of the molecule is CC(C)(C)CCn1ccc(-c2ccnc(C3CC[C@@H]4CN(c5nc(C(C)(C)C)ccc5C(=O)NS(=O)(=O)c5cccc(n5)N3)C(C)(C)C4)c2)n1.CC(C)(C)CCn1ccc(B2OC(C)(C)C(C)(C)O2)n1.CC(C)(C)c1ccc2c(n1)N1C[C@@H](CCC(c3cc(Br)ccn3)Nc3cccc(n3)S(=O)(=O)NC2=O)CC1(C)C. The van der Waals surface area contributed by atoms with Gasteiger partial charge in [0, 0.05) is 94.3 Å². The van der Waals surface area contributed by atoms with Crippen molar-refractivity contribution in [3.63, 3.8) is 0 Å². The Bertz CT molecular complexity index is 4890. The van der Waals surface area contributed by atoms with Gasteiger partial charge in [-0.3, -0.25) is 28.9 Å². The summed E-state index contributed by atoms with van der Waals surface area (Å²) >= 11 is 3.54. The highest BCUT2D eigenvalue weighted by molar-refractivity contribution is 9.10. The highest BCUT2D eigenvalue weighted by Crippen LogP contribution is 2.45. The van der Waals surface area contributed by atoms with Gasteiger partial charge in [0.25, 0.3) is 31.9 Å². The molecular formula is C82H112BBrN16O8S2.